The highest BCUT2D eigenvalue weighted by Crippen LogP contribution is 2.36. The molecule has 0 aliphatic heterocycles. The second-order valence-electron chi connectivity index (χ2n) is 5.37. The molecule has 0 saturated carbocycles. The van der Waals surface area contributed by atoms with Gasteiger partial charge in [-0.25, -0.2) is 4.79 Å². The predicted octanol–water partition coefficient (Wildman–Crippen LogP) is 2.81. The third-order valence-electron chi connectivity index (χ3n) is 3.46. The van der Waals surface area contributed by atoms with Crippen LogP contribution >= 0.6 is 35.0 Å². The minimum Gasteiger partial charge on any atom is -0.480 e. The van der Waals surface area contributed by atoms with Crippen molar-refractivity contribution in [2.24, 2.45) is 11.7 Å². The average molecular weight is 424 g/mol. The van der Waals surface area contributed by atoms with Crippen LogP contribution in [0.1, 0.15) is 23.7 Å². The zero-order valence-electron chi connectivity index (χ0n) is 13.9. The molecule has 7 nitrogen and oxygen atoms in total. The minimum absolute atomic E-state index is 0.00903. The van der Waals surface area contributed by atoms with Crippen molar-refractivity contribution in [3.63, 3.8) is 0 Å². The van der Waals surface area contributed by atoms with Gasteiger partial charge in [0, 0.05) is 23.0 Å². The Morgan fingerprint density at radius 3 is 2.38 bits per heavy atom. The molecule has 0 aromatic heterocycles. The van der Waals surface area contributed by atoms with E-state index in [0.717, 1.165) is 0 Å². The number of halogens is 2. The Balaban J connectivity index is 2.84. The van der Waals surface area contributed by atoms with Crippen molar-refractivity contribution in [3.05, 3.63) is 27.7 Å². The molecule has 0 saturated heterocycles. The SMILES string of the molecule is CC[C@@H](CSC[C@H](N)C(=O)O)C(=O)c1ccc(OCC(=O)O)c(Cl)c1Cl. The second-order valence-corrected chi connectivity index (χ2v) is 7.20. The first-order chi connectivity index (χ1) is 12.2. The first-order valence-electron chi connectivity index (χ1n) is 7.61. The Hall–Kier alpha value is -1.48. The third-order valence-corrected chi connectivity index (χ3v) is 5.56. The topological polar surface area (TPSA) is 127 Å². The van der Waals surface area contributed by atoms with Crippen molar-refractivity contribution in [1.82, 2.24) is 0 Å². The van der Waals surface area contributed by atoms with E-state index in [1.54, 1.807) is 0 Å². The van der Waals surface area contributed by atoms with Gasteiger partial charge in [-0.3, -0.25) is 9.59 Å². The van der Waals surface area contributed by atoms with Crippen LogP contribution in [0.4, 0.5) is 0 Å². The molecule has 0 bridgehead atoms. The van der Waals surface area contributed by atoms with Crippen LogP contribution in [0.15, 0.2) is 12.1 Å². The molecule has 0 amide bonds. The van der Waals surface area contributed by atoms with E-state index in [-0.39, 0.29) is 38.8 Å². The predicted molar refractivity (Wildman–Crippen MR) is 101 cm³/mol. The Bertz CT molecular complexity index is 685. The van der Waals surface area contributed by atoms with Gasteiger partial charge < -0.3 is 20.7 Å². The number of hydrogen-bond donors (Lipinski definition) is 3. The van der Waals surface area contributed by atoms with Crippen LogP contribution in [0.25, 0.3) is 0 Å². The molecule has 0 radical (unpaired) electrons. The van der Waals surface area contributed by atoms with E-state index in [2.05, 4.69) is 0 Å². The van der Waals surface area contributed by atoms with Crippen LogP contribution in [0.3, 0.4) is 0 Å². The van der Waals surface area contributed by atoms with Gasteiger partial charge in [0.05, 0.1) is 5.02 Å². The number of rotatable bonds is 11. The minimum atomic E-state index is -1.17. The Morgan fingerprint density at radius 1 is 1.19 bits per heavy atom. The molecule has 0 aliphatic rings. The lowest BCUT2D eigenvalue weighted by Crippen LogP contribution is -2.33. The maximum Gasteiger partial charge on any atom is 0.341 e. The van der Waals surface area contributed by atoms with E-state index in [4.69, 9.17) is 43.9 Å². The number of Topliss-reactive ketones (excluding diaryl/α,β-unsaturated/α-hetero) is 1. The molecule has 4 N–H and O–H groups in total. The largest absolute Gasteiger partial charge is 0.480 e. The summed E-state index contributed by atoms with van der Waals surface area (Å²) in [5.41, 5.74) is 5.65. The van der Waals surface area contributed by atoms with Crippen LogP contribution in [0.5, 0.6) is 5.75 Å². The number of aliphatic carboxylic acids is 2. The number of thioether (sulfide) groups is 1. The molecule has 0 unspecified atom stereocenters. The lowest BCUT2D eigenvalue weighted by Gasteiger charge is -2.16. The molecule has 1 rings (SSSR count). The van der Waals surface area contributed by atoms with Crippen LogP contribution in [0.2, 0.25) is 10.0 Å². The Morgan fingerprint density at radius 2 is 1.85 bits per heavy atom. The highest BCUT2D eigenvalue weighted by Gasteiger charge is 2.24. The van der Waals surface area contributed by atoms with E-state index in [1.807, 2.05) is 6.92 Å². The molecule has 2 atom stereocenters. The molecule has 0 heterocycles. The van der Waals surface area contributed by atoms with Crippen molar-refractivity contribution in [2.45, 2.75) is 19.4 Å². The van der Waals surface area contributed by atoms with Gasteiger partial charge >= 0.3 is 11.9 Å². The molecule has 0 spiro atoms. The van der Waals surface area contributed by atoms with Gasteiger partial charge in [-0.05, 0) is 18.6 Å². The summed E-state index contributed by atoms with van der Waals surface area (Å²) < 4.78 is 5.01. The average Bonchev–Trinajstić information content (AvgIpc) is 2.59. The summed E-state index contributed by atoms with van der Waals surface area (Å²) in [4.78, 5) is 34.0. The van der Waals surface area contributed by atoms with Crippen molar-refractivity contribution in [2.75, 3.05) is 18.1 Å². The monoisotopic (exact) mass is 423 g/mol. The summed E-state index contributed by atoms with van der Waals surface area (Å²) in [6, 6.07) is 1.84. The number of ketones is 1. The van der Waals surface area contributed by atoms with Gasteiger partial charge in [0.1, 0.15) is 16.8 Å². The summed E-state index contributed by atoms with van der Waals surface area (Å²) in [5.74, 6) is -2.23. The summed E-state index contributed by atoms with van der Waals surface area (Å²) in [6.07, 6.45) is 0.527. The molecular weight excluding hydrogens is 405 g/mol. The fraction of sp³-hybridized carbons (Fsp3) is 0.438. The van der Waals surface area contributed by atoms with E-state index >= 15 is 0 Å². The lowest BCUT2D eigenvalue weighted by atomic mass is 9.97. The third kappa shape index (κ3) is 6.35. The first kappa shape index (κ1) is 22.6. The standard InChI is InChI=1S/C16H19Cl2NO6S/c1-2-8(6-26-7-10(19)16(23)24)15(22)9-3-4-11(14(18)13(9)17)25-5-12(20)21/h3-4,8,10H,2,5-7,19H2,1H3,(H,20,21)(H,23,24)/t8-,10-/m0/s1. The smallest absolute Gasteiger partial charge is 0.341 e. The number of benzene rings is 1. The molecule has 144 valence electrons. The molecule has 10 heteroatoms. The lowest BCUT2D eigenvalue weighted by molar-refractivity contribution is -0.139. The van der Waals surface area contributed by atoms with Gasteiger partial charge in [-0.15, -0.1) is 0 Å². The molecule has 0 aliphatic carbocycles. The normalized spacial score (nSPS) is 13.1. The van der Waals surface area contributed by atoms with Gasteiger partial charge in [0.25, 0.3) is 0 Å². The summed E-state index contributed by atoms with van der Waals surface area (Å²) in [5, 5.41) is 17.4. The zero-order chi connectivity index (χ0) is 19.9. The Kier molecular flexibility index (Phi) is 9.21. The maximum absolute atomic E-state index is 12.7. The quantitative estimate of drug-likeness (QED) is 0.463. The zero-order valence-corrected chi connectivity index (χ0v) is 16.2. The molecule has 1 aromatic rings. The van der Waals surface area contributed by atoms with Crippen LogP contribution in [-0.2, 0) is 9.59 Å². The Labute approximate surface area is 164 Å². The van der Waals surface area contributed by atoms with Gasteiger partial charge in [0.2, 0.25) is 0 Å². The number of carbonyl (C=O) groups excluding carboxylic acids is 1. The number of ether oxygens (including phenoxy) is 1. The van der Waals surface area contributed by atoms with Crippen LogP contribution < -0.4 is 10.5 Å². The summed E-state index contributed by atoms with van der Waals surface area (Å²) in [6.45, 7) is 1.25. The highest BCUT2D eigenvalue weighted by molar-refractivity contribution is 7.99. The fourth-order valence-corrected chi connectivity index (χ4v) is 3.65. The van der Waals surface area contributed by atoms with Gasteiger partial charge in [-0.2, -0.15) is 11.8 Å². The van der Waals surface area contributed by atoms with Crippen molar-refractivity contribution in [3.8, 4) is 5.75 Å². The summed E-state index contributed by atoms with van der Waals surface area (Å²) >= 11 is 13.5. The fourth-order valence-electron chi connectivity index (χ4n) is 1.98. The van der Waals surface area contributed by atoms with Crippen molar-refractivity contribution < 1.29 is 29.3 Å². The molecule has 1 aromatic carbocycles. The van der Waals surface area contributed by atoms with E-state index in [1.165, 1.54) is 23.9 Å². The van der Waals surface area contributed by atoms with Crippen molar-refractivity contribution in [1.29, 1.82) is 0 Å². The number of hydrogen-bond acceptors (Lipinski definition) is 6. The van der Waals surface area contributed by atoms with E-state index in [0.29, 0.717) is 12.2 Å². The highest BCUT2D eigenvalue weighted by atomic mass is 35.5. The van der Waals surface area contributed by atoms with E-state index in [9.17, 15) is 14.4 Å². The van der Waals surface area contributed by atoms with Crippen LogP contribution in [-0.4, -0.2) is 52.1 Å². The summed E-state index contributed by atoms with van der Waals surface area (Å²) in [7, 11) is 0. The molecular formula is C16H19Cl2NO6S. The number of nitrogens with two attached hydrogens (primary N) is 1. The number of carbonyl (C=O) groups is 3. The van der Waals surface area contributed by atoms with Gasteiger partial charge in [-0.1, -0.05) is 30.1 Å². The first-order valence-corrected chi connectivity index (χ1v) is 9.53. The maximum atomic E-state index is 12.7. The molecule has 26 heavy (non-hydrogen) atoms. The van der Waals surface area contributed by atoms with Gasteiger partial charge in [0.15, 0.2) is 12.4 Å². The van der Waals surface area contributed by atoms with Crippen LogP contribution in [0, 0.1) is 5.92 Å². The van der Waals surface area contributed by atoms with Crippen molar-refractivity contribution >= 4 is 52.7 Å². The second kappa shape index (κ2) is 10.6. The number of carboxylic acids is 2. The van der Waals surface area contributed by atoms with E-state index < -0.39 is 24.6 Å². The molecule has 0 fully saturated rings. The number of carboxylic acid groups (broad SMARTS) is 2.